The van der Waals surface area contributed by atoms with Crippen LogP contribution in [0.25, 0.3) is 0 Å². The third-order valence-corrected chi connectivity index (χ3v) is 7.04. The Morgan fingerprint density at radius 3 is 2.10 bits per heavy atom. The summed E-state index contributed by atoms with van der Waals surface area (Å²) in [7, 11) is 1.39. The lowest BCUT2D eigenvalue weighted by Crippen LogP contribution is -2.48. The number of hydrogen-bond donors (Lipinski definition) is 3. The molecule has 0 bridgehead atoms. The first-order chi connectivity index (χ1) is 18.6. The summed E-state index contributed by atoms with van der Waals surface area (Å²) in [5, 5.41) is 29.4. The van der Waals surface area contributed by atoms with Gasteiger partial charge in [-0.3, -0.25) is 0 Å². The molecule has 230 valence electrons. The lowest BCUT2D eigenvalue weighted by molar-refractivity contribution is -0.299. The van der Waals surface area contributed by atoms with Crippen LogP contribution < -0.4 is 4.74 Å². The Labute approximate surface area is 235 Å². The Morgan fingerprint density at radius 1 is 1.00 bits per heavy atom. The van der Waals surface area contributed by atoms with E-state index in [0.717, 1.165) is 6.07 Å². The number of aldehydes is 1. The average molecular weight is 621 g/mol. The van der Waals surface area contributed by atoms with Crippen LogP contribution in [0.15, 0.2) is 36.4 Å². The number of aliphatic hydroxyl groups is 2. The molecule has 3 N–H and O–H groups in total. The monoisotopic (exact) mass is 620 g/mol. The molecule has 2 aromatic carbocycles. The van der Waals surface area contributed by atoms with E-state index in [2.05, 4.69) is 0 Å². The fourth-order valence-corrected chi connectivity index (χ4v) is 5.29. The number of rotatable bonds is 7. The first-order valence-corrected chi connectivity index (χ1v) is 12.5. The van der Waals surface area contributed by atoms with Gasteiger partial charge in [-0.15, -0.1) is 0 Å². The van der Waals surface area contributed by atoms with Crippen molar-refractivity contribution in [2.24, 2.45) is 0 Å². The van der Waals surface area contributed by atoms with Gasteiger partial charge in [-0.2, -0.15) is 35.1 Å². The van der Waals surface area contributed by atoms with E-state index in [1.54, 1.807) is 32.0 Å². The number of phenols is 1. The smallest absolute Gasteiger partial charge is 0.454 e. The molecule has 0 saturated heterocycles. The van der Waals surface area contributed by atoms with Crippen molar-refractivity contribution in [1.29, 1.82) is 0 Å². The largest absolute Gasteiger partial charge is 0.508 e. The van der Waals surface area contributed by atoms with Crippen LogP contribution in [0.1, 0.15) is 55.7 Å². The molecule has 14 heteroatoms. The minimum absolute atomic E-state index is 0.0433. The van der Waals surface area contributed by atoms with Crippen molar-refractivity contribution < 1.29 is 60.0 Å². The van der Waals surface area contributed by atoms with Crippen LogP contribution in [0.2, 0.25) is 5.02 Å². The van der Waals surface area contributed by atoms with Gasteiger partial charge in [0.1, 0.15) is 17.1 Å². The Balaban J connectivity index is 0.000000289. The predicted molar refractivity (Wildman–Crippen MR) is 134 cm³/mol. The SMILES string of the molecule is COc1c(Cl)cccc1C(C)(C)CC(O)(C=O)CC(F)(F)F.Oc1cccc2c1CCC(O)C2C(F)(F)C(F)(F)F. The number of hydrogen-bond acceptors (Lipinski definition) is 5. The lowest BCUT2D eigenvalue weighted by atomic mass is 9.74. The summed E-state index contributed by atoms with van der Waals surface area (Å²) in [6.07, 6.45) is -14.5. The van der Waals surface area contributed by atoms with Crippen LogP contribution in [-0.2, 0) is 16.6 Å². The Bertz CT molecular complexity index is 1220. The van der Waals surface area contributed by atoms with Gasteiger partial charge in [-0.1, -0.05) is 49.7 Å². The second kappa shape index (κ2) is 12.3. The van der Waals surface area contributed by atoms with Gasteiger partial charge in [-0.25, -0.2) is 0 Å². The second-order valence-electron chi connectivity index (χ2n) is 10.4. The summed E-state index contributed by atoms with van der Waals surface area (Å²) in [5.41, 5.74) is -3.25. The number of alkyl halides is 8. The average Bonchev–Trinajstić information content (AvgIpc) is 2.82. The number of benzene rings is 2. The molecular formula is C27H29ClF8O5. The highest BCUT2D eigenvalue weighted by Crippen LogP contribution is 2.51. The zero-order valence-corrected chi connectivity index (χ0v) is 22.8. The maximum atomic E-state index is 13.5. The molecule has 0 aromatic heterocycles. The molecule has 5 nitrogen and oxygen atoms in total. The van der Waals surface area contributed by atoms with Crippen LogP contribution in [-0.4, -0.2) is 58.7 Å². The van der Waals surface area contributed by atoms with Gasteiger partial charge >= 0.3 is 18.3 Å². The summed E-state index contributed by atoms with van der Waals surface area (Å²) in [6.45, 7) is 3.23. The number of phenolic OH excluding ortho intramolecular Hbond substituents is 1. The van der Waals surface area contributed by atoms with E-state index in [0.29, 0.717) is 16.3 Å². The Kier molecular flexibility index (Phi) is 10.4. The van der Waals surface area contributed by atoms with E-state index in [1.807, 2.05) is 0 Å². The van der Waals surface area contributed by atoms with Crippen LogP contribution >= 0.6 is 11.6 Å². The van der Waals surface area contributed by atoms with Crippen molar-refractivity contribution in [3.8, 4) is 11.5 Å². The molecule has 0 fully saturated rings. The third-order valence-electron chi connectivity index (χ3n) is 6.74. The molecule has 3 unspecified atom stereocenters. The van der Waals surface area contributed by atoms with E-state index in [1.165, 1.54) is 19.2 Å². The first-order valence-electron chi connectivity index (χ1n) is 12.1. The standard InChI is InChI=1S/C15H18ClF3O3.C12H11F5O2/c1-13(2,7-14(21,9-20)8-15(17,18)19)10-5-4-6-11(16)12(10)22-3;13-11(14,12(15,16)17)10-7-2-1-3-8(18)6(7)4-5-9(10)19/h4-6,9,21H,7-8H2,1-3H3;1-3,9-10,18-19H,4-5H2. The molecule has 0 radical (unpaired) electrons. The van der Waals surface area contributed by atoms with Crippen molar-refractivity contribution in [1.82, 2.24) is 0 Å². The number of para-hydroxylation sites is 1. The molecule has 3 rings (SSSR count). The normalized spacial score (nSPS) is 19.4. The fraction of sp³-hybridized carbons (Fsp3) is 0.519. The molecule has 0 heterocycles. The summed E-state index contributed by atoms with van der Waals surface area (Å²) < 4.78 is 107. The topological polar surface area (TPSA) is 87.0 Å². The van der Waals surface area contributed by atoms with E-state index in [-0.39, 0.29) is 36.0 Å². The van der Waals surface area contributed by atoms with Crippen molar-refractivity contribution in [3.63, 3.8) is 0 Å². The highest BCUT2D eigenvalue weighted by molar-refractivity contribution is 6.32. The number of halogens is 9. The van der Waals surface area contributed by atoms with Gasteiger partial charge in [0.05, 0.1) is 30.6 Å². The number of fused-ring (bicyclic) bond motifs is 1. The highest BCUT2D eigenvalue weighted by atomic mass is 35.5. The van der Waals surface area contributed by atoms with E-state index in [4.69, 9.17) is 16.3 Å². The number of aromatic hydroxyl groups is 1. The van der Waals surface area contributed by atoms with Gasteiger partial charge in [0.15, 0.2) is 6.29 Å². The van der Waals surface area contributed by atoms with Gasteiger partial charge < -0.3 is 24.9 Å². The molecule has 0 saturated carbocycles. The van der Waals surface area contributed by atoms with E-state index in [9.17, 15) is 55.2 Å². The van der Waals surface area contributed by atoms with Crippen LogP contribution in [0.5, 0.6) is 11.5 Å². The lowest BCUT2D eigenvalue weighted by Gasteiger charge is -2.36. The number of methoxy groups -OCH3 is 1. The molecule has 3 atom stereocenters. The summed E-state index contributed by atoms with van der Waals surface area (Å²) in [6, 6.07) is 8.35. The summed E-state index contributed by atoms with van der Waals surface area (Å²) in [5.74, 6) is -7.44. The minimum Gasteiger partial charge on any atom is -0.508 e. The number of ether oxygens (including phenoxy) is 1. The number of carbonyl (C=O) groups is 1. The zero-order valence-electron chi connectivity index (χ0n) is 22.1. The van der Waals surface area contributed by atoms with Crippen molar-refractivity contribution >= 4 is 17.9 Å². The Morgan fingerprint density at radius 2 is 1.59 bits per heavy atom. The molecule has 41 heavy (non-hydrogen) atoms. The van der Waals surface area contributed by atoms with E-state index >= 15 is 0 Å². The molecule has 1 aliphatic carbocycles. The van der Waals surface area contributed by atoms with Gasteiger partial charge in [0.25, 0.3) is 0 Å². The third kappa shape index (κ3) is 8.01. The predicted octanol–water partition coefficient (Wildman–Crippen LogP) is 6.88. The van der Waals surface area contributed by atoms with Crippen LogP contribution in [0, 0.1) is 0 Å². The summed E-state index contributed by atoms with van der Waals surface area (Å²) in [4.78, 5) is 11.0. The highest BCUT2D eigenvalue weighted by Gasteiger charge is 2.65. The first kappa shape index (κ1) is 34.6. The van der Waals surface area contributed by atoms with Crippen molar-refractivity contribution in [2.45, 2.75) is 80.8 Å². The summed E-state index contributed by atoms with van der Waals surface area (Å²) >= 11 is 6.01. The maximum Gasteiger partial charge on any atom is 0.454 e. The quantitative estimate of drug-likeness (QED) is 0.232. The van der Waals surface area contributed by atoms with Gasteiger partial charge in [-0.05, 0) is 47.9 Å². The number of aliphatic hydroxyl groups excluding tert-OH is 1. The molecular weight excluding hydrogens is 592 g/mol. The maximum absolute atomic E-state index is 13.5. The minimum atomic E-state index is -5.75. The zero-order chi connectivity index (χ0) is 31.6. The molecule has 1 aliphatic rings. The molecule has 0 spiro atoms. The van der Waals surface area contributed by atoms with Crippen molar-refractivity contribution in [2.75, 3.05) is 7.11 Å². The van der Waals surface area contributed by atoms with Gasteiger partial charge in [0, 0.05) is 5.56 Å². The molecule has 0 aliphatic heterocycles. The molecule has 2 aromatic rings. The van der Waals surface area contributed by atoms with Crippen LogP contribution in [0.4, 0.5) is 35.1 Å². The van der Waals surface area contributed by atoms with Gasteiger partial charge in [0.2, 0.25) is 0 Å². The number of carbonyl (C=O) groups excluding carboxylic acids is 1. The van der Waals surface area contributed by atoms with Crippen molar-refractivity contribution in [3.05, 3.63) is 58.1 Å². The van der Waals surface area contributed by atoms with E-state index < -0.39 is 54.2 Å². The fourth-order valence-electron chi connectivity index (χ4n) is 5.04. The Hall–Kier alpha value is -2.64. The second-order valence-corrected chi connectivity index (χ2v) is 10.9. The van der Waals surface area contributed by atoms with Crippen LogP contribution in [0.3, 0.4) is 0 Å². The molecule has 0 amide bonds.